The van der Waals surface area contributed by atoms with Crippen LogP contribution in [-0.4, -0.2) is 23.7 Å². The summed E-state index contributed by atoms with van der Waals surface area (Å²) in [5, 5.41) is 0.248. The third kappa shape index (κ3) is 2.14. The van der Waals surface area contributed by atoms with E-state index in [0.717, 1.165) is 0 Å². The van der Waals surface area contributed by atoms with Gasteiger partial charge in [-0.05, 0) is 6.92 Å². The van der Waals surface area contributed by atoms with E-state index in [1.54, 1.807) is 0 Å². The molecule has 0 aromatic carbocycles. The van der Waals surface area contributed by atoms with E-state index in [1.807, 2.05) is 6.92 Å². The maximum atomic E-state index is 5.80. The minimum absolute atomic E-state index is 0.248. The first-order valence-corrected chi connectivity index (χ1v) is 4.45. The number of ether oxygens (including phenoxy) is 2. The lowest BCUT2D eigenvalue weighted by atomic mass is 10.3. The molecule has 0 aliphatic carbocycles. The predicted octanol–water partition coefficient (Wildman–Crippen LogP) is 2.15. The Bertz CT molecular complexity index is 342. The summed E-state index contributed by atoms with van der Waals surface area (Å²) in [5.74, 6) is 0.807. The molecule has 0 saturated heterocycles. The van der Waals surface area contributed by atoms with Gasteiger partial charge in [0.2, 0.25) is 0 Å². The number of aromatic nitrogens is 2. The zero-order valence-corrected chi connectivity index (χ0v) is 8.84. The fourth-order valence-corrected chi connectivity index (χ4v) is 1.18. The molecule has 5 heteroatoms. The number of hydrogen-bond acceptors (Lipinski definition) is 4. The van der Waals surface area contributed by atoms with Crippen molar-refractivity contribution in [3.05, 3.63) is 23.8 Å². The summed E-state index contributed by atoms with van der Waals surface area (Å²) in [6.45, 7) is 6.09. The molecule has 0 amide bonds. The summed E-state index contributed by atoms with van der Waals surface area (Å²) in [6.07, 6.45) is 1.34. The van der Waals surface area contributed by atoms with Crippen molar-refractivity contribution >= 4 is 17.4 Å². The van der Waals surface area contributed by atoms with Crippen molar-refractivity contribution in [1.82, 2.24) is 9.97 Å². The van der Waals surface area contributed by atoms with Gasteiger partial charge in [0, 0.05) is 0 Å². The summed E-state index contributed by atoms with van der Waals surface area (Å²) in [6, 6.07) is 0. The molecule has 0 aliphatic heterocycles. The molecule has 0 atom stereocenters. The normalized spacial score (nSPS) is 9.64. The molecule has 0 saturated carbocycles. The Labute approximate surface area is 87.5 Å². The maximum absolute atomic E-state index is 5.80. The van der Waals surface area contributed by atoms with Crippen LogP contribution in [-0.2, 0) is 4.74 Å². The third-order valence-electron chi connectivity index (χ3n) is 1.55. The molecule has 14 heavy (non-hydrogen) atoms. The standard InChI is InChI=1S/C9H11ClN2O2/c1-4-14-6(2)7-8(13-3)9(10)12-5-11-7/h5H,2,4H2,1,3H3. The molecule has 76 valence electrons. The van der Waals surface area contributed by atoms with Gasteiger partial charge in [-0.2, -0.15) is 0 Å². The molecule has 1 aromatic heterocycles. The minimum atomic E-state index is 0.248. The quantitative estimate of drug-likeness (QED) is 0.569. The van der Waals surface area contributed by atoms with Crippen molar-refractivity contribution in [1.29, 1.82) is 0 Å². The molecule has 0 aliphatic rings. The number of halogens is 1. The molecular weight excluding hydrogens is 204 g/mol. The van der Waals surface area contributed by atoms with E-state index in [-0.39, 0.29) is 5.15 Å². The van der Waals surface area contributed by atoms with Gasteiger partial charge >= 0.3 is 0 Å². The van der Waals surface area contributed by atoms with Gasteiger partial charge in [0.1, 0.15) is 12.1 Å². The van der Waals surface area contributed by atoms with E-state index in [4.69, 9.17) is 21.1 Å². The van der Waals surface area contributed by atoms with Gasteiger partial charge in [0.25, 0.3) is 0 Å². The Morgan fingerprint density at radius 3 is 2.86 bits per heavy atom. The molecule has 4 nitrogen and oxygen atoms in total. The average molecular weight is 215 g/mol. The van der Waals surface area contributed by atoms with Crippen molar-refractivity contribution in [2.24, 2.45) is 0 Å². The molecular formula is C9H11ClN2O2. The SMILES string of the molecule is C=C(OCC)c1ncnc(Cl)c1OC. The van der Waals surface area contributed by atoms with Crippen LogP contribution in [0.25, 0.3) is 5.76 Å². The first-order chi connectivity index (χ1) is 6.70. The van der Waals surface area contributed by atoms with Gasteiger partial charge in [-0.15, -0.1) is 0 Å². The Balaban J connectivity index is 3.07. The zero-order chi connectivity index (χ0) is 10.6. The van der Waals surface area contributed by atoms with Crippen LogP contribution in [0.15, 0.2) is 12.9 Å². The van der Waals surface area contributed by atoms with E-state index in [1.165, 1.54) is 13.4 Å². The second kappa shape index (κ2) is 4.81. The van der Waals surface area contributed by atoms with Gasteiger partial charge in [0.05, 0.1) is 13.7 Å². The summed E-state index contributed by atoms with van der Waals surface area (Å²) in [5.41, 5.74) is 0.481. The summed E-state index contributed by atoms with van der Waals surface area (Å²) in [7, 11) is 1.49. The van der Waals surface area contributed by atoms with E-state index in [9.17, 15) is 0 Å². The number of rotatable bonds is 4. The van der Waals surface area contributed by atoms with Crippen LogP contribution in [0.1, 0.15) is 12.6 Å². The van der Waals surface area contributed by atoms with Crippen molar-refractivity contribution in [2.45, 2.75) is 6.92 Å². The van der Waals surface area contributed by atoms with Gasteiger partial charge < -0.3 is 9.47 Å². The fourth-order valence-electron chi connectivity index (χ4n) is 0.974. The van der Waals surface area contributed by atoms with Crippen LogP contribution < -0.4 is 4.74 Å². The second-order valence-electron chi connectivity index (χ2n) is 2.40. The molecule has 0 bridgehead atoms. The van der Waals surface area contributed by atoms with E-state index >= 15 is 0 Å². The maximum Gasteiger partial charge on any atom is 0.185 e. The Morgan fingerprint density at radius 2 is 2.29 bits per heavy atom. The van der Waals surface area contributed by atoms with Crippen LogP contribution in [0.2, 0.25) is 5.15 Å². The van der Waals surface area contributed by atoms with Crippen LogP contribution in [0.5, 0.6) is 5.75 Å². The van der Waals surface area contributed by atoms with E-state index in [0.29, 0.717) is 23.8 Å². The van der Waals surface area contributed by atoms with Gasteiger partial charge in [-0.3, -0.25) is 0 Å². The monoisotopic (exact) mass is 214 g/mol. The fraction of sp³-hybridized carbons (Fsp3) is 0.333. The highest BCUT2D eigenvalue weighted by Gasteiger charge is 2.13. The molecule has 0 radical (unpaired) electrons. The largest absolute Gasteiger partial charge is 0.492 e. The highest BCUT2D eigenvalue weighted by atomic mass is 35.5. The number of methoxy groups -OCH3 is 1. The second-order valence-corrected chi connectivity index (χ2v) is 2.76. The first kappa shape index (κ1) is 10.8. The smallest absolute Gasteiger partial charge is 0.185 e. The first-order valence-electron chi connectivity index (χ1n) is 4.07. The molecule has 0 N–H and O–H groups in total. The van der Waals surface area contributed by atoms with Gasteiger partial charge in [-0.1, -0.05) is 18.2 Å². The van der Waals surface area contributed by atoms with Crippen LogP contribution in [0, 0.1) is 0 Å². The number of hydrogen-bond donors (Lipinski definition) is 0. The van der Waals surface area contributed by atoms with Crippen LogP contribution >= 0.6 is 11.6 Å². The topological polar surface area (TPSA) is 44.2 Å². The Kier molecular flexibility index (Phi) is 3.71. The van der Waals surface area contributed by atoms with Crippen LogP contribution in [0.4, 0.5) is 0 Å². The molecule has 0 unspecified atom stereocenters. The van der Waals surface area contributed by atoms with Crippen molar-refractivity contribution < 1.29 is 9.47 Å². The lowest BCUT2D eigenvalue weighted by Crippen LogP contribution is -1.99. The lowest BCUT2D eigenvalue weighted by molar-refractivity contribution is 0.294. The lowest BCUT2D eigenvalue weighted by Gasteiger charge is -2.10. The summed E-state index contributed by atoms with van der Waals surface area (Å²) in [4.78, 5) is 7.77. The van der Waals surface area contributed by atoms with Crippen molar-refractivity contribution in [3.63, 3.8) is 0 Å². The molecule has 1 rings (SSSR count). The highest BCUT2D eigenvalue weighted by Crippen LogP contribution is 2.28. The number of nitrogens with zero attached hydrogens (tertiary/aromatic N) is 2. The summed E-state index contributed by atoms with van der Waals surface area (Å²) >= 11 is 5.80. The predicted molar refractivity (Wildman–Crippen MR) is 54.3 cm³/mol. The molecule has 1 aromatic rings. The Morgan fingerprint density at radius 1 is 1.57 bits per heavy atom. The van der Waals surface area contributed by atoms with Crippen molar-refractivity contribution in [2.75, 3.05) is 13.7 Å². The average Bonchev–Trinajstić information content (AvgIpc) is 2.17. The Hall–Kier alpha value is -1.29. The highest BCUT2D eigenvalue weighted by molar-refractivity contribution is 6.31. The van der Waals surface area contributed by atoms with E-state index in [2.05, 4.69) is 16.5 Å². The molecule has 1 heterocycles. The van der Waals surface area contributed by atoms with Crippen molar-refractivity contribution in [3.8, 4) is 5.75 Å². The summed E-state index contributed by atoms with van der Waals surface area (Å²) < 4.78 is 10.2. The molecule has 0 fully saturated rings. The molecule has 0 spiro atoms. The van der Waals surface area contributed by atoms with Crippen LogP contribution in [0.3, 0.4) is 0 Å². The van der Waals surface area contributed by atoms with E-state index < -0.39 is 0 Å². The van der Waals surface area contributed by atoms with Gasteiger partial charge in [-0.25, -0.2) is 9.97 Å². The zero-order valence-electron chi connectivity index (χ0n) is 8.08. The van der Waals surface area contributed by atoms with Gasteiger partial charge in [0.15, 0.2) is 16.6 Å². The third-order valence-corrected chi connectivity index (χ3v) is 1.82. The minimum Gasteiger partial charge on any atom is -0.492 e.